The van der Waals surface area contributed by atoms with E-state index in [4.69, 9.17) is 11.6 Å². The average Bonchev–Trinajstić information content (AvgIpc) is 2.54. The van der Waals surface area contributed by atoms with Crippen LogP contribution in [0.5, 0.6) is 0 Å². The summed E-state index contributed by atoms with van der Waals surface area (Å²) in [4.78, 5) is 11.4. The summed E-state index contributed by atoms with van der Waals surface area (Å²) < 4.78 is 43.1. The minimum Gasteiger partial charge on any atom is -0.598 e. The molecule has 0 aliphatic carbocycles. The number of rotatable bonds is 6. The molecule has 0 saturated carbocycles. The summed E-state index contributed by atoms with van der Waals surface area (Å²) in [5.41, 5.74) is 2.48. The molecule has 2 N–H and O–H groups in total. The molecule has 0 aliphatic rings. The van der Waals surface area contributed by atoms with Gasteiger partial charge in [-0.05, 0) is 81.1 Å². The van der Waals surface area contributed by atoms with Gasteiger partial charge in [0.1, 0.15) is 16.4 Å². The third-order valence-electron chi connectivity index (χ3n) is 4.40. The normalized spacial score (nSPS) is 14.0. The van der Waals surface area contributed by atoms with Crippen LogP contribution in [0, 0.1) is 25.5 Å². The van der Waals surface area contributed by atoms with Gasteiger partial charge >= 0.3 is 5.97 Å². The lowest BCUT2D eigenvalue weighted by molar-refractivity contribution is -0.137. The van der Waals surface area contributed by atoms with E-state index in [1.54, 1.807) is 34.6 Å². The SMILES string of the molecule is Cc1cc(F)cc(C)c1-c1cc(Cl)c(F)c([C@H](CC(=O)O)N[S@+]([O-])C(C)(C)C)c1. The second-order valence-corrected chi connectivity index (χ2v) is 10.3. The first-order chi connectivity index (χ1) is 13.3. The van der Waals surface area contributed by atoms with Crippen molar-refractivity contribution in [1.29, 1.82) is 0 Å². The Labute approximate surface area is 177 Å². The Kier molecular flexibility index (Phi) is 7.32. The largest absolute Gasteiger partial charge is 0.598 e. The van der Waals surface area contributed by atoms with E-state index in [1.807, 2.05) is 0 Å². The molecule has 158 valence electrons. The number of aryl methyl sites for hydroxylation is 2. The summed E-state index contributed by atoms with van der Waals surface area (Å²) in [6.07, 6.45) is -0.486. The molecule has 0 unspecified atom stereocenters. The van der Waals surface area contributed by atoms with Crippen molar-refractivity contribution in [3.63, 3.8) is 0 Å². The van der Waals surface area contributed by atoms with Crippen LogP contribution in [0.2, 0.25) is 5.02 Å². The van der Waals surface area contributed by atoms with Crippen molar-refractivity contribution in [2.24, 2.45) is 0 Å². The molecular formula is C21H24ClF2NO3S. The van der Waals surface area contributed by atoms with E-state index >= 15 is 0 Å². The number of carboxylic acids is 1. The fourth-order valence-corrected chi connectivity index (χ4v) is 4.12. The Bertz CT molecular complexity index is 908. The molecule has 8 heteroatoms. The third kappa shape index (κ3) is 5.69. The highest BCUT2D eigenvalue weighted by molar-refractivity contribution is 7.90. The Morgan fingerprint density at radius 1 is 1.21 bits per heavy atom. The molecule has 0 saturated heterocycles. The maximum atomic E-state index is 14.9. The first-order valence-corrected chi connectivity index (χ1v) is 10.5. The Balaban J connectivity index is 2.62. The molecule has 4 nitrogen and oxygen atoms in total. The summed E-state index contributed by atoms with van der Waals surface area (Å²) in [6.45, 7) is 8.62. The van der Waals surface area contributed by atoms with Gasteiger partial charge in [0.2, 0.25) is 0 Å². The van der Waals surface area contributed by atoms with Gasteiger partial charge in [-0.1, -0.05) is 11.6 Å². The molecule has 0 radical (unpaired) electrons. The highest BCUT2D eigenvalue weighted by atomic mass is 35.5. The summed E-state index contributed by atoms with van der Waals surface area (Å²) in [5, 5.41) is 9.10. The van der Waals surface area contributed by atoms with Crippen molar-refractivity contribution in [3.8, 4) is 11.1 Å². The molecule has 0 fully saturated rings. The minimum atomic E-state index is -1.63. The van der Waals surface area contributed by atoms with Gasteiger partial charge in [-0.2, -0.15) is 0 Å². The van der Waals surface area contributed by atoms with E-state index in [1.165, 1.54) is 24.3 Å². The molecule has 0 aromatic heterocycles. The van der Waals surface area contributed by atoms with Crippen LogP contribution in [-0.2, 0) is 16.2 Å². The van der Waals surface area contributed by atoms with Gasteiger partial charge in [0.15, 0.2) is 0 Å². The molecule has 2 aromatic rings. The lowest BCUT2D eigenvalue weighted by atomic mass is 9.92. The maximum Gasteiger partial charge on any atom is 0.305 e. The van der Waals surface area contributed by atoms with Crippen LogP contribution >= 0.6 is 11.6 Å². The lowest BCUT2D eigenvalue weighted by Gasteiger charge is -2.28. The van der Waals surface area contributed by atoms with E-state index in [0.717, 1.165) is 0 Å². The van der Waals surface area contributed by atoms with Gasteiger partial charge in [-0.3, -0.25) is 4.79 Å². The van der Waals surface area contributed by atoms with Crippen LogP contribution in [-0.4, -0.2) is 20.4 Å². The van der Waals surface area contributed by atoms with E-state index in [2.05, 4.69) is 4.72 Å². The molecule has 29 heavy (non-hydrogen) atoms. The maximum absolute atomic E-state index is 14.9. The summed E-state index contributed by atoms with van der Waals surface area (Å²) in [6, 6.07) is 4.56. The van der Waals surface area contributed by atoms with Gasteiger partial charge in [0, 0.05) is 16.9 Å². The average molecular weight is 444 g/mol. The first-order valence-electron chi connectivity index (χ1n) is 8.97. The fraction of sp³-hybridized carbons (Fsp3) is 0.381. The third-order valence-corrected chi connectivity index (χ3v) is 6.29. The number of hydrogen-bond acceptors (Lipinski definition) is 3. The molecular weight excluding hydrogens is 420 g/mol. The van der Waals surface area contributed by atoms with Crippen molar-refractivity contribution < 1.29 is 23.2 Å². The predicted octanol–water partition coefficient (Wildman–Crippen LogP) is 5.47. The topological polar surface area (TPSA) is 72.4 Å². The van der Waals surface area contributed by atoms with Gasteiger partial charge in [0.25, 0.3) is 0 Å². The molecule has 0 bridgehead atoms. The van der Waals surface area contributed by atoms with Crippen LogP contribution in [0.4, 0.5) is 8.78 Å². The second-order valence-electron chi connectivity index (χ2n) is 7.93. The minimum absolute atomic E-state index is 0.00405. The van der Waals surface area contributed by atoms with Crippen molar-refractivity contribution in [1.82, 2.24) is 4.72 Å². The fourth-order valence-electron chi connectivity index (χ4n) is 3.07. The number of carbonyl (C=O) groups is 1. The predicted molar refractivity (Wildman–Crippen MR) is 112 cm³/mol. The van der Waals surface area contributed by atoms with Crippen LogP contribution in [0.3, 0.4) is 0 Å². The molecule has 0 spiro atoms. The summed E-state index contributed by atoms with van der Waals surface area (Å²) in [5.74, 6) is -2.34. The van der Waals surface area contributed by atoms with Crippen LogP contribution in [0.15, 0.2) is 24.3 Å². The van der Waals surface area contributed by atoms with Crippen LogP contribution in [0.25, 0.3) is 11.1 Å². The Morgan fingerprint density at radius 2 is 1.76 bits per heavy atom. The summed E-state index contributed by atoms with van der Waals surface area (Å²) in [7, 11) is 0. The molecule has 2 aromatic carbocycles. The number of hydrogen-bond donors (Lipinski definition) is 2. The number of nitrogens with one attached hydrogen (secondary N) is 1. The second kappa shape index (κ2) is 9.00. The van der Waals surface area contributed by atoms with E-state index in [9.17, 15) is 23.2 Å². The van der Waals surface area contributed by atoms with Gasteiger partial charge in [-0.15, -0.1) is 4.72 Å². The highest BCUT2D eigenvalue weighted by Crippen LogP contribution is 2.36. The molecule has 2 atom stereocenters. The zero-order chi connectivity index (χ0) is 22.1. The lowest BCUT2D eigenvalue weighted by Crippen LogP contribution is -2.42. The zero-order valence-corrected chi connectivity index (χ0v) is 18.5. The molecule has 0 amide bonds. The monoisotopic (exact) mass is 443 g/mol. The van der Waals surface area contributed by atoms with Crippen molar-refractivity contribution in [2.45, 2.75) is 51.8 Å². The van der Waals surface area contributed by atoms with Crippen molar-refractivity contribution >= 4 is 28.9 Å². The summed E-state index contributed by atoms with van der Waals surface area (Å²) >= 11 is 4.48. The van der Waals surface area contributed by atoms with E-state index in [-0.39, 0.29) is 16.4 Å². The quantitative estimate of drug-likeness (QED) is 0.580. The van der Waals surface area contributed by atoms with E-state index in [0.29, 0.717) is 22.3 Å². The molecule has 0 aliphatic heterocycles. The smallest absolute Gasteiger partial charge is 0.305 e. The number of aliphatic carboxylic acids is 1. The Hall–Kier alpha value is -1.67. The number of halogens is 3. The highest BCUT2D eigenvalue weighted by Gasteiger charge is 2.32. The van der Waals surface area contributed by atoms with Crippen LogP contribution in [0.1, 0.15) is 49.9 Å². The zero-order valence-electron chi connectivity index (χ0n) is 16.9. The number of benzene rings is 2. The van der Waals surface area contributed by atoms with Crippen molar-refractivity contribution in [2.75, 3.05) is 0 Å². The van der Waals surface area contributed by atoms with Crippen molar-refractivity contribution in [3.05, 3.63) is 57.6 Å². The van der Waals surface area contributed by atoms with Crippen LogP contribution < -0.4 is 4.72 Å². The van der Waals surface area contributed by atoms with Gasteiger partial charge in [-0.25, -0.2) is 8.78 Å². The Morgan fingerprint density at radius 3 is 2.24 bits per heavy atom. The first kappa shape index (κ1) is 23.6. The van der Waals surface area contributed by atoms with Gasteiger partial charge in [0.05, 0.1) is 17.5 Å². The number of carboxylic acid groups (broad SMARTS) is 1. The molecule has 2 rings (SSSR count). The van der Waals surface area contributed by atoms with Gasteiger partial charge < -0.3 is 9.66 Å². The standard InChI is InChI=1S/C21H24ClF2NO3S/c1-11-6-14(23)7-12(2)19(11)13-8-15(20(24)16(22)9-13)17(10-18(26)27)25-29(28)21(3,4)5/h6-9,17,25H,10H2,1-5H3,(H,26,27)/t17-,29+/m0/s1. The van der Waals surface area contributed by atoms with E-state index < -0.39 is 40.4 Å². The molecule has 0 heterocycles.